The molecule has 0 aromatic rings. The summed E-state index contributed by atoms with van der Waals surface area (Å²) < 4.78 is 0.335. The van der Waals surface area contributed by atoms with Crippen LogP contribution in [0.1, 0.15) is 39.0 Å². The number of nitrogens with two attached hydrogens (primary N) is 1. The number of carbonyl (C=O) groups is 1. The van der Waals surface area contributed by atoms with Crippen LogP contribution in [-0.4, -0.2) is 29.5 Å². The molecule has 1 amide bonds. The fourth-order valence-electron chi connectivity index (χ4n) is 2.09. The first-order chi connectivity index (χ1) is 7.09. The average molecular weight is 230 g/mol. The molecule has 0 heterocycles. The van der Waals surface area contributed by atoms with Crippen LogP contribution in [0.15, 0.2) is 0 Å². The first-order valence-electron chi connectivity index (χ1n) is 5.67. The van der Waals surface area contributed by atoms with Crippen LogP contribution in [0.4, 0.5) is 0 Å². The van der Waals surface area contributed by atoms with Gasteiger partial charge >= 0.3 is 0 Å². The van der Waals surface area contributed by atoms with Gasteiger partial charge in [-0.3, -0.25) is 4.79 Å². The highest BCUT2D eigenvalue weighted by molar-refractivity contribution is 8.00. The number of hydrogen-bond acceptors (Lipinski definition) is 3. The molecule has 0 aromatic carbocycles. The van der Waals surface area contributed by atoms with Crippen molar-refractivity contribution in [1.82, 2.24) is 5.32 Å². The summed E-state index contributed by atoms with van der Waals surface area (Å²) in [5.41, 5.74) is 5.23. The molecule has 15 heavy (non-hydrogen) atoms. The lowest BCUT2D eigenvalue weighted by atomic mass is 9.88. The summed E-state index contributed by atoms with van der Waals surface area (Å²) >= 11 is 1.93. The van der Waals surface area contributed by atoms with E-state index in [1.54, 1.807) is 0 Å². The monoisotopic (exact) mass is 230 g/mol. The molecule has 88 valence electrons. The zero-order chi connectivity index (χ0) is 11.3. The van der Waals surface area contributed by atoms with E-state index < -0.39 is 0 Å². The first-order valence-corrected chi connectivity index (χ1v) is 6.90. The van der Waals surface area contributed by atoms with Gasteiger partial charge in [-0.05, 0) is 26.0 Å². The van der Waals surface area contributed by atoms with Gasteiger partial charge in [0.2, 0.25) is 5.91 Å². The Morgan fingerprint density at radius 3 is 2.53 bits per heavy atom. The highest BCUT2D eigenvalue weighted by Gasteiger charge is 2.31. The van der Waals surface area contributed by atoms with Crippen molar-refractivity contribution in [2.24, 2.45) is 5.73 Å². The minimum Gasteiger partial charge on any atom is -0.368 e. The minimum atomic E-state index is -0.262. The normalized spacial score (nSPS) is 22.3. The third kappa shape index (κ3) is 3.68. The molecular formula is C11H22N2OS. The molecule has 3 nitrogen and oxygen atoms in total. The van der Waals surface area contributed by atoms with E-state index in [1.165, 1.54) is 32.1 Å². The van der Waals surface area contributed by atoms with Crippen LogP contribution in [0.2, 0.25) is 0 Å². The molecule has 0 radical (unpaired) electrons. The van der Waals surface area contributed by atoms with Crippen molar-refractivity contribution in [3.8, 4) is 0 Å². The predicted octanol–water partition coefficient (Wildman–Crippen LogP) is 1.52. The number of thioether (sulfide) groups is 1. The van der Waals surface area contributed by atoms with Crippen molar-refractivity contribution in [1.29, 1.82) is 0 Å². The SMILES string of the molecule is CSC1(CNC(C)C(N)=O)CCCCC1. The summed E-state index contributed by atoms with van der Waals surface area (Å²) in [6, 6.07) is -0.212. The molecule has 0 aromatic heterocycles. The minimum absolute atomic E-state index is 0.212. The standard InChI is InChI=1S/C11H22N2OS/c1-9(10(12)14)13-8-11(15-2)6-4-3-5-7-11/h9,13H,3-8H2,1-2H3,(H2,12,14). The summed E-state index contributed by atoms with van der Waals surface area (Å²) in [6.45, 7) is 2.73. The Morgan fingerprint density at radius 1 is 1.47 bits per heavy atom. The van der Waals surface area contributed by atoms with Crippen molar-refractivity contribution in [2.75, 3.05) is 12.8 Å². The van der Waals surface area contributed by atoms with Gasteiger partial charge < -0.3 is 11.1 Å². The summed E-state index contributed by atoms with van der Waals surface area (Å²) in [6.07, 6.45) is 8.66. The van der Waals surface area contributed by atoms with E-state index in [2.05, 4.69) is 11.6 Å². The van der Waals surface area contributed by atoms with Crippen LogP contribution in [-0.2, 0) is 4.79 Å². The lowest BCUT2D eigenvalue weighted by molar-refractivity contribution is -0.119. The summed E-state index contributed by atoms with van der Waals surface area (Å²) in [5.74, 6) is -0.262. The molecule has 1 aliphatic rings. The van der Waals surface area contributed by atoms with E-state index >= 15 is 0 Å². The van der Waals surface area contributed by atoms with Gasteiger partial charge in [-0.15, -0.1) is 0 Å². The molecule has 1 atom stereocenters. The maximum absolute atomic E-state index is 10.9. The second kappa shape index (κ2) is 5.75. The van der Waals surface area contributed by atoms with E-state index in [0.29, 0.717) is 4.75 Å². The largest absolute Gasteiger partial charge is 0.368 e. The van der Waals surface area contributed by atoms with Gasteiger partial charge in [-0.1, -0.05) is 19.3 Å². The molecule has 1 aliphatic carbocycles. The predicted molar refractivity (Wildman–Crippen MR) is 66.0 cm³/mol. The number of amides is 1. The Morgan fingerprint density at radius 2 is 2.07 bits per heavy atom. The molecule has 1 rings (SSSR count). The smallest absolute Gasteiger partial charge is 0.234 e. The fraction of sp³-hybridized carbons (Fsp3) is 0.909. The molecule has 0 aliphatic heterocycles. The molecule has 0 spiro atoms. The summed E-state index contributed by atoms with van der Waals surface area (Å²) in [5, 5.41) is 3.25. The third-order valence-electron chi connectivity index (χ3n) is 3.35. The Kier molecular flexibility index (Phi) is 4.93. The summed E-state index contributed by atoms with van der Waals surface area (Å²) in [4.78, 5) is 10.9. The zero-order valence-electron chi connectivity index (χ0n) is 9.71. The van der Waals surface area contributed by atoms with Crippen molar-refractivity contribution in [2.45, 2.75) is 49.8 Å². The van der Waals surface area contributed by atoms with Crippen molar-refractivity contribution < 1.29 is 4.79 Å². The highest BCUT2D eigenvalue weighted by Crippen LogP contribution is 2.37. The Balaban J connectivity index is 2.42. The van der Waals surface area contributed by atoms with Crippen LogP contribution in [0.25, 0.3) is 0 Å². The molecule has 1 saturated carbocycles. The maximum Gasteiger partial charge on any atom is 0.234 e. The second-order valence-electron chi connectivity index (χ2n) is 4.45. The topological polar surface area (TPSA) is 55.1 Å². The van der Waals surface area contributed by atoms with Crippen LogP contribution in [0, 0.1) is 0 Å². The van der Waals surface area contributed by atoms with Gasteiger partial charge in [0.05, 0.1) is 6.04 Å². The molecule has 0 saturated heterocycles. The third-order valence-corrected chi connectivity index (χ3v) is 4.77. The molecule has 0 bridgehead atoms. The van der Waals surface area contributed by atoms with Gasteiger partial charge in [0, 0.05) is 11.3 Å². The fourth-order valence-corrected chi connectivity index (χ4v) is 3.01. The molecular weight excluding hydrogens is 208 g/mol. The molecule has 1 unspecified atom stereocenters. The van der Waals surface area contributed by atoms with Gasteiger partial charge in [0.25, 0.3) is 0 Å². The van der Waals surface area contributed by atoms with Crippen LogP contribution in [0.3, 0.4) is 0 Å². The highest BCUT2D eigenvalue weighted by atomic mass is 32.2. The van der Waals surface area contributed by atoms with Gasteiger partial charge in [0.1, 0.15) is 0 Å². The zero-order valence-corrected chi connectivity index (χ0v) is 10.5. The number of primary amides is 1. The quantitative estimate of drug-likeness (QED) is 0.753. The second-order valence-corrected chi connectivity index (χ2v) is 5.73. The van der Waals surface area contributed by atoms with Crippen LogP contribution < -0.4 is 11.1 Å². The average Bonchev–Trinajstić information content (AvgIpc) is 2.27. The van der Waals surface area contributed by atoms with Gasteiger partial charge in [0.15, 0.2) is 0 Å². The molecule has 4 heteroatoms. The Hall–Kier alpha value is -0.220. The lowest BCUT2D eigenvalue weighted by Crippen LogP contribution is -2.47. The van der Waals surface area contributed by atoms with E-state index in [-0.39, 0.29) is 11.9 Å². The van der Waals surface area contributed by atoms with E-state index in [4.69, 9.17) is 5.73 Å². The van der Waals surface area contributed by atoms with Crippen molar-refractivity contribution >= 4 is 17.7 Å². The van der Waals surface area contributed by atoms with Crippen LogP contribution >= 0.6 is 11.8 Å². The number of rotatable bonds is 5. The van der Waals surface area contributed by atoms with Gasteiger partial charge in [-0.25, -0.2) is 0 Å². The number of hydrogen-bond donors (Lipinski definition) is 2. The van der Waals surface area contributed by atoms with E-state index in [1.807, 2.05) is 18.7 Å². The van der Waals surface area contributed by atoms with Crippen LogP contribution in [0.5, 0.6) is 0 Å². The Bertz CT molecular complexity index is 215. The first kappa shape index (κ1) is 12.8. The number of carbonyl (C=O) groups excluding carboxylic acids is 1. The molecule has 3 N–H and O–H groups in total. The van der Waals surface area contributed by atoms with E-state index in [0.717, 1.165) is 6.54 Å². The lowest BCUT2D eigenvalue weighted by Gasteiger charge is -2.36. The van der Waals surface area contributed by atoms with E-state index in [9.17, 15) is 4.79 Å². The maximum atomic E-state index is 10.9. The Labute approximate surface area is 96.6 Å². The summed E-state index contributed by atoms with van der Waals surface area (Å²) in [7, 11) is 0. The number of nitrogens with one attached hydrogen (secondary N) is 1. The van der Waals surface area contributed by atoms with Gasteiger partial charge in [-0.2, -0.15) is 11.8 Å². The van der Waals surface area contributed by atoms with Crippen molar-refractivity contribution in [3.05, 3.63) is 0 Å². The molecule has 1 fully saturated rings. The van der Waals surface area contributed by atoms with Crippen molar-refractivity contribution in [3.63, 3.8) is 0 Å².